The first-order valence-corrected chi connectivity index (χ1v) is 7.95. The molecular weight excluding hydrogens is 298 g/mol. The standard InChI is InChI=1S/C15H15N5OS/c16-15-20(12-3-1-2-4-14(12)22-15)9-13(21)10-5-7-11(8-6-10)18-19-17/h5-8,16H,1-4,9H2. The Morgan fingerprint density at radius 1 is 1.32 bits per heavy atom. The zero-order chi connectivity index (χ0) is 15.5. The monoisotopic (exact) mass is 313 g/mol. The van der Waals surface area contributed by atoms with Gasteiger partial charge in [-0.1, -0.05) is 29.4 Å². The molecule has 112 valence electrons. The van der Waals surface area contributed by atoms with Gasteiger partial charge in [-0.15, -0.1) is 11.3 Å². The van der Waals surface area contributed by atoms with Crippen molar-refractivity contribution in [1.29, 1.82) is 5.41 Å². The first-order valence-electron chi connectivity index (χ1n) is 7.13. The molecule has 1 aromatic heterocycles. The van der Waals surface area contributed by atoms with E-state index >= 15 is 0 Å². The van der Waals surface area contributed by atoms with Gasteiger partial charge in [-0.3, -0.25) is 10.2 Å². The second-order valence-corrected chi connectivity index (χ2v) is 6.31. The van der Waals surface area contributed by atoms with Crippen molar-refractivity contribution >= 4 is 22.8 Å². The van der Waals surface area contributed by atoms with Gasteiger partial charge >= 0.3 is 0 Å². The molecule has 0 aliphatic heterocycles. The Kier molecular flexibility index (Phi) is 4.09. The largest absolute Gasteiger partial charge is 0.313 e. The molecule has 6 nitrogen and oxygen atoms in total. The first kappa shape index (κ1) is 14.6. The Morgan fingerprint density at radius 3 is 2.77 bits per heavy atom. The third-order valence-corrected chi connectivity index (χ3v) is 4.93. The maximum atomic E-state index is 12.4. The fraction of sp³-hybridized carbons (Fsp3) is 0.333. The van der Waals surface area contributed by atoms with Gasteiger partial charge in [-0.25, -0.2) is 0 Å². The quantitative estimate of drug-likeness (QED) is 0.396. The molecule has 0 saturated carbocycles. The van der Waals surface area contributed by atoms with Crippen molar-refractivity contribution in [2.75, 3.05) is 0 Å². The number of ketones is 1. The second kappa shape index (κ2) is 6.17. The SMILES string of the molecule is [N-]=[N+]=Nc1ccc(C(=O)Cn2c3c(sc2=N)CCCC3)cc1. The molecule has 1 aromatic carbocycles. The van der Waals surface area contributed by atoms with E-state index in [9.17, 15) is 4.79 Å². The van der Waals surface area contributed by atoms with Gasteiger partial charge in [0.15, 0.2) is 10.6 Å². The number of carbonyl (C=O) groups excluding carboxylic acids is 1. The highest BCUT2D eigenvalue weighted by atomic mass is 32.1. The van der Waals surface area contributed by atoms with Crippen LogP contribution in [0.3, 0.4) is 0 Å². The molecule has 2 aromatic rings. The fourth-order valence-electron chi connectivity index (χ4n) is 2.72. The smallest absolute Gasteiger partial charge is 0.182 e. The van der Waals surface area contributed by atoms with Gasteiger partial charge in [0, 0.05) is 26.7 Å². The van der Waals surface area contributed by atoms with Crippen LogP contribution in [0.15, 0.2) is 29.4 Å². The predicted molar refractivity (Wildman–Crippen MR) is 84.4 cm³/mol. The molecule has 0 amide bonds. The molecule has 1 aliphatic rings. The van der Waals surface area contributed by atoms with Crippen LogP contribution in [0, 0.1) is 5.41 Å². The van der Waals surface area contributed by atoms with Gasteiger partial charge in [0.25, 0.3) is 0 Å². The van der Waals surface area contributed by atoms with Crippen molar-refractivity contribution in [2.24, 2.45) is 5.11 Å². The molecule has 0 fully saturated rings. The summed E-state index contributed by atoms with van der Waals surface area (Å²) in [4.78, 5) is 16.8. The number of hydrogen-bond acceptors (Lipinski definition) is 4. The van der Waals surface area contributed by atoms with E-state index < -0.39 is 0 Å². The van der Waals surface area contributed by atoms with Gasteiger partial charge < -0.3 is 4.57 Å². The number of aromatic nitrogens is 1. The molecular formula is C15H15N5OS. The molecule has 1 heterocycles. The molecule has 0 unspecified atom stereocenters. The van der Waals surface area contributed by atoms with Crippen LogP contribution in [-0.4, -0.2) is 10.4 Å². The molecule has 0 saturated heterocycles. The number of thiazole rings is 1. The Hall–Kier alpha value is -2.37. The molecule has 1 aliphatic carbocycles. The van der Waals surface area contributed by atoms with E-state index in [0.29, 0.717) is 16.1 Å². The summed E-state index contributed by atoms with van der Waals surface area (Å²) in [5.74, 6) is -0.0304. The third kappa shape index (κ3) is 2.81. The third-order valence-electron chi connectivity index (χ3n) is 3.83. The topological polar surface area (TPSA) is 94.6 Å². The number of Topliss-reactive ketones (excluding diaryl/α,β-unsaturated/α-hetero) is 1. The van der Waals surface area contributed by atoms with Crippen LogP contribution in [0.1, 0.15) is 33.8 Å². The van der Waals surface area contributed by atoms with Crippen molar-refractivity contribution in [3.05, 3.63) is 55.6 Å². The Balaban J connectivity index is 1.84. The fourth-order valence-corrected chi connectivity index (χ4v) is 3.81. The van der Waals surface area contributed by atoms with E-state index in [1.807, 2.05) is 4.57 Å². The second-order valence-electron chi connectivity index (χ2n) is 5.23. The average Bonchev–Trinajstić information content (AvgIpc) is 2.84. The lowest BCUT2D eigenvalue weighted by Crippen LogP contribution is -2.22. The number of rotatable bonds is 4. The molecule has 3 rings (SSSR count). The maximum Gasteiger partial charge on any atom is 0.182 e. The van der Waals surface area contributed by atoms with Crippen molar-refractivity contribution in [3.8, 4) is 0 Å². The van der Waals surface area contributed by atoms with Crippen molar-refractivity contribution in [2.45, 2.75) is 32.2 Å². The van der Waals surface area contributed by atoms with Crippen LogP contribution >= 0.6 is 11.3 Å². The van der Waals surface area contributed by atoms with Crippen LogP contribution in [0.2, 0.25) is 0 Å². The Labute approximate surface area is 131 Å². The molecule has 22 heavy (non-hydrogen) atoms. The van der Waals surface area contributed by atoms with Crippen molar-refractivity contribution < 1.29 is 4.79 Å². The zero-order valence-corrected chi connectivity index (χ0v) is 12.8. The van der Waals surface area contributed by atoms with E-state index in [2.05, 4.69) is 10.0 Å². The summed E-state index contributed by atoms with van der Waals surface area (Å²) in [6.07, 6.45) is 4.27. The maximum absolute atomic E-state index is 12.4. The lowest BCUT2D eigenvalue weighted by atomic mass is 10.0. The van der Waals surface area contributed by atoms with E-state index in [4.69, 9.17) is 10.9 Å². The highest BCUT2D eigenvalue weighted by Gasteiger charge is 2.18. The van der Waals surface area contributed by atoms with Gasteiger partial charge in [0.2, 0.25) is 0 Å². The van der Waals surface area contributed by atoms with Crippen LogP contribution < -0.4 is 4.80 Å². The van der Waals surface area contributed by atoms with E-state index in [1.54, 1.807) is 24.3 Å². The number of aryl methyl sites for hydroxylation is 1. The summed E-state index contributed by atoms with van der Waals surface area (Å²) in [7, 11) is 0. The Bertz CT molecular complexity index is 811. The van der Waals surface area contributed by atoms with Crippen molar-refractivity contribution in [3.63, 3.8) is 0 Å². The van der Waals surface area contributed by atoms with Gasteiger partial charge in [-0.05, 0) is 31.2 Å². The summed E-state index contributed by atoms with van der Waals surface area (Å²) in [5.41, 5.74) is 10.6. The highest BCUT2D eigenvalue weighted by molar-refractivity contribution is 7.09. The predicted octanol–water partition coefficient (Wildman–Crippen LogP) is 3.73. The number of benzene rings is 1. The van der Waals surface area contributed by atoms with Crippen LogP contribution in [-0.2, 0) is 19.4 Å². The minimum atomic E-state index is -0.0304. The number of nitrogens with zero attached hydrogens (tertiary/aromatic N) is 4. The first-order chi connectivity index (χ1) is 10.7. The molecule has 0 radical (unpaired) electrons. The molecule has 7 heteroatoms. The zero-order valence-electron chi connectivity index (χ0n) is 12.0. The number of carbonyl (C=O) groups is 1. The number of nitrogens with one attached hydrogen (secondary N) is 1. The summed E-state index contributed by atoms with van der Waals surface area (Å²) in [6.45, 7) is 0.200. The summed E-state index contributed by atoms with van der Waals surface area (Å²) in [6, 6.07) is 6.58. The lowest BCUT2D eigenvalue weighted by molar-refractivity contribution is 0.0969. The Morgan fingerprint density at radius 2 is 2.05 bits per heavy atom. The van der Waals surface area contributed by atoms with Gasteiger partial charge in [-0.2, -0.15) is 0 Å². The van der Waals surface area contributed by atoms with Gasteiger partial charge in [0.05, 0.1) is 6.54 Å². The van der Waals surface area contributed by atoms with Crippen molar-refractivity contribution in [1.82, 2.24) is 4.57 Å². The molecule has 0 bridgehead atoms. The number of fused-ring (bicyclic) bond motifs is 1. The highest BCUT2D eigenvalue weighted by Crippen LogP contribution is 2.23. The van der Waals surface area contributed by atoms with Crippen LogP contribution in [0.25, 0.3) is 10.4 Å². The van der Waals surface area contributed by atoms with E-state index in [-0.39, 0.29) is 12.3 Å². The normalized spacial score (nSPS) is 13.3. The summed E-state index contributed by atoms with van der Waals surface area (Å²) >= 11 is 1.49. The summed E-state index contributed by atoms with van der Waals surface area (Å²) in [5, 5.41) is 11.6. The molecule has 1 N–H and O–H groups in total. The minimum absolute atomic E-state index is 0.0304. The van der Waals surface area contributed by atoms with Crippen LogP contribution in [0.5, 0.6) is 0 Å². The van der Waals surface area contributed by atoms with Gasteiger partial charge in [0.1, 0.15) is 0 Å². The average molecular weight is 313 g/mol. The molecule has 0 atom stereocenters. The minimum Gasteiger partial charge on any atom is -0.313 e. The summed E-state index contributed by atoms with van der Waals surface area (Å²) < 4.78 is 1.84. The van der Waals surface area contributed by atoms with Crippen LogP contribution in [0.4, 0.5) is 5.69 Å². The number of hydrogen-bond donors (Lipinski definition) is 1. The molecule has 0 spiro atoms. The van der Waals surface area contributed by atoms with E-state index in [0.717, 1.165) is 25.0 Å². The lowest BCUT2D eigenvalue weighted by Gasteiger charge is -2.14. The number of azide groups is 1. The van der Waals surface area contributed by atoms with E-state index in [1.165, 1.54) is 22.6 Å².